The first-order chi connectivity index (χ1) is 14.5. The molecule has 2 N–H and O–H groups in total. The van der Waals surface area contributed by atoms with Gasteiger partial charge in [-0.2, -0.15) is 0 Å². The van der Waals surface area contributed by atoms with Gasteiger partial charge in [0.1, 0.15) is 11.2 Å². The summed E-state index contributed by atoms with van der Waals surface area (Å²) in [6.07, 6.45) is 1.10. The number of carbonyl (C=O) groups excluding carboxylic acids is 1. The molecule has 0 radical (unpaired) electrons. The van der Waals surface area contributed by atoms with E-state index in [1.807, 2.05) is 48.5 Å². The van der Waals surface area contributed by atoms with Crippen molar-refractivity contribution in [2.24, 2.45) is 5.41 Å². The number of aliphatic hydroxyl groups is 1. The first-order valence-electron chi connectivity index (χ1n) is 10.3. The van der Waals surface area contributed by atoms with Crippen LogP contribution in [-0.2, 0) is 22.4 Å². The minimum atomic E-state index is -1.34. The number of rotatable bonds is 8. The standard InChI is InChI=1S/C24H29NO5/c1-30-20-12-6-5-11-19(20)16-22(27)25-15-13-21(26)24(17-25,23(28)29)14-7-10-18-8-3-2-4-9-18/h2-6,8-9,11-12,21,26H,7,10,13-17H2,1H3,(H,28,29)/t21-,24+/m0/s1. The summed E-state index contributed by atoms with van der Waals surface area (Å²) in [5, 5.41) is 20.6. The highest BCUT2D eigenvalue weighted by Crippen LogP contribution is 2.36. The van der Waals surface area contributed by atoms with Gasteiger partial charge in [-0.15, -0.1) is 0 Å². The van der Waals surface area contributed by atoms with Gasteiger partial charge in [0.15, 0.2) is 0 Å². The predicted octanol–water partition coefficient (Wildman–Crippen LogP) is 2.92. The van der Waals surface area contributed by atoms with E-state index in [9.17, 15) is 19.8 Å². The third kappa shape index (κ3) is 4.82. The normalized spacial score (nSPS) is 21.3. The van der Waals surface area contributed by atoms with Crippen molar-refractivity contribution in [2.75, 3.05) is 20.2 Å². The van der Waals surface area contributed by atoms with E-state index in [4.69, 9.17) is 4.74 Å². The zero-order valence-electron chi connectivity index (χ0n) is 17.3. The van der Waals surface area contributed by atoms with Crippen LogP contribution < -0.4 is 4.74 Å². The van der Waals surface area contributed by atoms with Gasteiger partial charge in [-0.1, -0.05) is 48.5 Å². The number of carboxylic acids is 1. The minimum Gasteiger partial charge on any atom is -0.496 e. The van der Waals surface area contributed by atoms with Crippen LogP contribution in [0.4, 0.5) is 0 Å². The SMILES string of the molecule is COc1ccccc1CC(=O)N1CC[C@H](O)[C@](CCCc2ccccc2)(C(=O)O)C1. The zero-order valence-corrected chi connectivity index (χ0v) is 17.3. The van der Waals surface area contributed by atoms with Gasteiger partial charge in [0.05, 0.1) is 19.6 Å². The molecule has 0 bridgehead atoms. The summed E-state index contributed by atoms with van der Waals surface area (Å²) in [6, 6.07) is 17.2. The first kappa shape index (κ1) is 21.8. The van der Waals surface area contributed by atoms with E-state index < -0.39 is 17.5 Å². The number of benzene rings is 2. The summed E-state index contributed by atoms with van der Waals surface area (Å²) in [5.41, 5.74) is 0.553. The number of carbonyl (C=O) groups is 2. The summed E-state index contributed by atoms with van der Waals surface area (Å²) < 4.78 is 5.32. The minimum absolute atomic E-state index is 0.0201. The quantitative estimate of drug-likeness (QED) is 0.697. The molecule has 0 aromatic heterocycles. The van der Waals surface area contributed by atoms with Crippen molar-refractivity contribution in [2.45, 2.75) is 38.2 Å². The molecule has 0 saturated carbocycles. The maximum Gasteiger partial charge on any atom is 0.314 e. The topological polar surface area (TPSA) is 87.1 Å². The fourth-order valence-corrected chi connectivity index (χ4v) is 4.23. The lowest BCUT2D eigenvalue weighted by molar-refractivity contribution is -0.166. The molecule has 1 fully saturated rings. The smallest absolute Gasteiger partial charge is 0.314 e. The van der Waals surface area contributed by atoms with Gasteiger partial charge < -0.3 is 19.8 Å². The summed E-state index contributed by atoms with van der Waals surface area (Å²) >= 11 is 0. The van der Waals surface area contributed by atoms with Gasteiger partial charge in [-0.3, -0.25) is 9.59 Å². The summed E-state index contributed by atoms with van der Waals surface area (Å²) in [7, 11) is 1.56. The van der Waals surface area contributed by atoms with Gasteiger partial charge >= 0.3 is 5.97 Å². The molecular weight excluding hydrogens is 382 g/mol. The molecule has 0 spiro atoms. The van der Waals surface area contributed by atoms with Crippen LogP contribution in [0, 0.1) is 5.41 Å². The average Bonchev–Trinajstić information content (AvgIpc) is 2.76. The van der Waals surface area contributed by atoms with Crippen molar-refractivity contribution in [1.29, 1.82) is 0 Å². The van der Waals surface area contributed by atoms with E-state index in [1.54, 1.807) is 18.1 Å². The summed E-state index contributed by atoms with van der Waals surface area (Å²) in [5.74, 6) is -0.562. The monoisotopic (exact) mass is 411 g/mol. The molecule has 1 heterocycles. The third-order valence-corrected chi connectivity index (χ3v) is 6.03. The van der Waals surface area contributed by atoms with Crippen molar-refractivity contribution in [3.63, 3.8) is 0 Å². The third-order valence-electron chi connectivity index (χ3n) is 6.03. The number of hydrogen-bond acceptors (Lipinski definition) is 4. The maximum absolute atomic E-state index is 12.9. The number of nitrogens with zero attached hydrogens (tertiary/aromatic N) is 1. The van der Waals surface area contributed by atoms with E-state index in [-0.39, 0.29) is 25.3 Å². The second kappa shape index (κ2) is 9.76. The zero-order chi connectivity index (χ0) is 21.6. The molecule has 160 valence electrons. The van der Waals surface area contributed by atoms with Crippen LogP contribution in [0.25, 0.3) is 0 Å². The number of hydrogen-bond donors (Lipinski definition) is 2. The molecule has 1 aliphatic heterocycles. The van der Waals surface area contributed by atoms with Crippen molar-refractivity contribution in [3.05, 3.63) is 65.7 Å². The highest BCUT2D eigenvalue weighted by molar-refractivity contribution is 5.82. The Labute approximate surface area is 177 Å². The number of carboxylic acid groups (broad SMARTS) is 1. The Hall–Kier alpha value is -2.86. The number of amides is 1. The van der Waals surface area contributed by atoms with E-state index in [0.717, 1.165) is 17.5 Å². The molecule has 2 aromatic carbocycles. The number of piperidine rings is 1. The molecular formula is C24H29NO5. The summed E-state index contributed by atoms with van der Waals surface area (Å²) in [4.78, 5) is 26.8. The van der Waals surface area contributed by atoms with E-state index in [0.29, 0.717) is 25.1 Å². The number of aliphatic carboxylic acids is 1. The van der Waals surface area contributed by atoms with Crippen LogP contribution in [0.3, 0.4) is 0 Å². The number of likely N-dealkylation sites (tertiary alicyclic amines) is 1. The van der Waals surface area contributed by atoms with Crippen molar-refractivity contribution >= 4 is 11.9 Å². The van der Waals surface area contributed by atoms with E-state index in [2.05, 4.69) is 0 Å². The van der Waals surface area contributed by atoms with Crippen LogP contribution in [-0.4, -0.2) is 53.3 Å². The second-order valence-electron chi connectivity index (χ2n) is 7.91. The van der Waals surface area contributed by atoms with Crippen molar-refractivity contribution in [1.82, 2.24) is 4.90 Å². The molecule has 0 aliphatic carbocycles. The molecule has 2 aromatic rings. The lowest BCUT2D eigenvalue weighted by atomic mass is 9.73. The Morgan fingerprint density at radius 3 is 2.53 bits per heavy atom. The Balaban J connectivity index is 1.70. The molecule has 30 heavy (non-hydrogen) atoms. The highest BCUT2D eigenvalue weighted by Gasteiger charge is 2.49. The fourth-order valence-electron chi connectivity index (χ4n) is 4.23. The number of aryl methyl sites for hydroxylation is 1. The number of ether oxygens (including phenoxy) is 1. The van der Waals surface area contributed by atoms with Crippen LogP contribution in [0.1, 0.15) is 30.4 Å². The van der Waals surface area contributed by atoms with Gasteiger partial charge in [0.2, 0.25) is 5.91 Å². The van der Waals surface area contributed by atoms with Crippen molar-refractivity contribution in [3.8, 4) is 5.75 Å². The Morgan fingerprint density at radius 2 is 1.83 bits per heavy atom. The first-order valence-corrected chi connectivity index (χ1v) is 10.3. The lowest BCUT2D eigenvalue weighted by Crippen LogP contribution is -2.57. The number of aliphatic hydroxyl groups excluding tert-OH is 1. The molecule has 6 nitrogen and oxygen atoms in total. The van der Waals surface area contributed by atoms with Crippen LogP contribution in [0.2, 0.25) is 0 Å². The largest absolute Gasteiger partial charge is 0.496 e. The maximum atomic E-state index is 12.9. The predicted molar refractivity (Wildman–Crippen MR) is 113 cm³/mol. The Bertz CT molecular complexity index is 869. The lowest BCUT2D eigenvalue weighted by Gasteiger charge is -2.43. The molecule has 3 rings (SSSR count). The molecule has 2 atom stereocenters. The highest BCUT2D eigenvalue weighted by atomic mass is 16.5. The van der Waals surface area contributed by atoms with Crippen LogP contribution >= 0.6 is 0 Å². The van der Waals surface area contributed by atoms with Gasteiger partial charge in [-0.05, 0) is 37.3 Å². The van der Waals surface area contributed by atoms with Gasteiger partial charge in [0.25, 0.3) is 0 Å². The number of methoxy groups -OCH3 is 1. The summed E-state index contributed by atoms with van der Waals surface area (Å²) in [6.45, 7) is 0.370. The Kier molecular flexibility index (Phi) is 7.11. The number of para-hydroxylation sites is 1. The Morgan fingerprint density at radius 1 is 1.13 bits per heavy atom. The molecule has 6 heteroatoms. The van der Waals surface area contributed by atoms with Gasteiger partial charge in [-0.25, -0.2) is 0 Å². The average molecular weight is 411 g/mol. The van der Waals surface area contributed by atoms with Gasteiger partial charge in [0, 0.05) is 18.7 Å². The fraction of sp³-hybridized carbons (Fsp3) is 0.417. The van der Waals surface area contributed by atoms with E-state index >= 15 is 0 Å². The molecule has 1 saturated heterocycles. The molecule has 1 aliphatic rings. The molecule has 1 amide bonds. The molecule has 0 unspecified atom stereocenters. The van der Waals surface area contributed by atoms with Crippen LogP contribution in [0.15, 0.2) is 54.6 Å². The van der Waals surface area contributed by atoms with E-state index in [1.165, 1.54) is 0 Å². The second-order valence-corrected chi connectivity index (χ2v) is 7.91. The van der Waals surface area contributed by atoms with Crippen LogP contribution in [0.5, 0.6) is 5.75 Å². The van der Waals surface area contributed by atoms with Crippen molar-refractivity contribution < 1.29 is 24.5 Å².